The van der Waals surface area contributed by atoms with E-state index in [1.54, 1.807) is 24.3 Å². The van der Waals surface area contributed by atoms with E-state index in [2.05, 4.69) is 0 Å². The summed E-state index contributed by atoms with van der Waals surface area (Å²) in [4.78, 5) is 21.5. The Hall–Kier alpha value is -1.64. The largest absolute Gasteiger partial charge is 0.493 e. The Morgan fingerprint density at radius 2 is 1.83 bits per heavy atom. The molecular weight excluding hydrogens is 228 g/mol. The highest BCUT2D eigenvalue weighted by Crippen LogP contribution is 2.24. The molecule has 0 unspecified atom stereocenters. The summed E-state index contributed by atoms with van der Waals surface area (Å²) in [6, 6.07) is 6.76. The maximum atomic E-state index is 11.1. The summed E-state index contributed by atoms with van der Waals surface area (Å²) >= 11 is 0. The number of hydrogen-bond acceptors (Lipinski definition) is 3. The Bertz CT molecular complexity index is 402. The van der Waals surface area contributed by atoms with Gasteiger partial charge < -0.3 is 4.74 Å². The van der Waals surface area contributed by atoms with Crippen LogP contribution in [0.5, 0.6) is 5.75 Å². The van der Waals surface area contributed by atoms with Crippen molar-refractivity contribution in [2.24, 2.45) is 5.92 Å². The van der Waals surface area contributed by atoms with Gasteiger partial charge in [-0.25, -0.2) is 0 Å². The average molecular weight is 246 g/mol. The zero-order valence-electron chi connectivity index (χ0n) is 10.4. The molecule has 1 aliphatic carbocycles. The summed E-state index contributed by atoms with van der Waals surface area (Å²) in [5.74, 6) is 0.937. The van der Waals surface area contributed by atoms with E-state index in [4.69, 9.17) is 4.74 Å². The number of aldehydes is 1. The van der Waals surface area contributed by atoms with E-state index in [-0.39, 0.29) is 0 Å². The van der Waals surface area contributed by atoms with Crippen molar-refractivity contribution < 1.29 is 14.3 Å². The molecule has 1 aromatic rings. The average Bonchev–Trinajstić information content (AvgIpc) is 2.46. The van der Waals surface area contributed by atoms with Crippen molar-refractivity contribution in [1.82, 2.24) is 0 Å². The number of benzene rings is 1. The molecule has 0 aliphatic heterocycles. The number of hydrogen-bond donors (Lipinski definition) is 0. The third-order valence-corrected chi connectivity index (χ3v) is 3.46. The number of Topliss-reactive ketones (excluding diaryl/α,β-unsaturated/α-hetero) is 1. The summed E-state index contributed by atoms with van der Waals surface area (Å²) in [6.45, 7) is 0.751. The Morgan fingerprint density at radius 1 is 1.17 bits per heavy atom. The highest BCUT2D eigenvalue weighted by Gasteiger charge is 2.14. The molecule has 0 saturated heterocycles. The minimum atomic E-state index is -0.492. The van der Waals surface area contributed by atoms with Crippen LogP contribution in [-0.2, 0) is 4.79 Å². The molecule has 2 rings (SSSR count). The molecule has 3 nitrogen and oxygen atoms in total. The molecule has 0 spiro atoms. The highest BCUT2D eigenvalue weighted by atomic mass is 16.5. The minimum Gasteiger partial charge on any atom is -0.493 e. The Labute approximate surface area is 107 Å². The molecule has 1 fully saturated rings. The van der Waals surface area contributed by atoms with Crippen LogP contribution in [0.3, 0.4) is 0 Å². The fourth-order valence-electron chi connectivity index (χ4n) is 2.35. The van der Waals surface area contributed by atoms with Crippen molar-refractivity contribution in [2.75, 3.05) is 6.61 Å². The van der Waals surface area contributed by atoms with Gasteiger partial charge in [0, 0.05) is 5.56 Å². The second kappa shape index (κ2) is 6.34. The topological polar surface area (TPSA) is 43.4 Å². The van der Waals surface area contributed by atoms with Crippen LogP contribution < -0.4 is 4.74 Å². The second-order valence-electron chi connectivity index (χ2n) is 4.82. The smallest absolute Gasteiger partial charge is 0.225 e. The third kappa shape index (κ3) is 3.42. The first-order valence-corrected chi connectivity index (χ1v) is 6.52. The SMILES string of the molecule is O=CC(=O)c1ccc(OCC2CCCCC2)cc1. The first kappa shape index (κ1) is 12.8. The zero-order valence-corrected chi connectivity index (χ0v) is 10.4. The number of carbonyl (C=O) groups excluding carboxylic acids is 2. The predicted molar refractivity (Wildman–Crippen MR) is 68.9 cm³/mol. The minimum absolute atomic E-state index is 0.331. The van der Waals surface area contributed by atoms with E-state index in [9.17, 15) is 9.59 Å². The second-order valence-corrected chi connectivity index (χ2v) is 4.82. The molecule has 0 radical (unpaired) electrons. The third-order valence-electron chi connectivity index (χ3n) is 3.46. The van der Waals surface area contributed by atoms with Gasteiger partial charge in [-0.15, -0.1) is 0 Å². The number of ketones is 1. The van der Waals surface area contributed by atoms with Crippen molar-refractivity contribution >= 4 is 12.1 Å². The van der Waals surface area contributed by atoms with E-state index in [0.29, 0.717) is 17.8 Å². The maximum Gasteiger partial charge on any atom is 0.225 e. The lowest BCUT2D eigenvalue weighted by Gasteiger charge is -2.21. The van der Waals surface area contributed by atoms with E-state index >= 15 is 0 Å². The first-order valence-electron chi connectivity index (χ1n) is 6.52. The lowest BCUT2D eigenvalue weighted by Crippen LogP contribution is -2.15. The first-order chi connectivity index (χ1) is 8.79. The van der Waals surface area contributed by atoms with Crippen LogP contribution in [0, 0.1) is 5.92 Å². The summed E-state index contributed by atoms with van der Waals surface area (Å²) < 4.78 is 5.71. The van der Waals surface area contributed by atoms with Gasteiger partial charge in [-0.05, 0) is 43.0 Å². The van der Waals surface area contributed by atoms with Crippen molar-refractivity contribution in [1.29, 1.82) is 0 Å². The number of rotatable bonds is 5. The summed E-state index contributed by atoms with van der Waals surface area (Å²) in [6.07, 6.45) is 6.79. The molecular formula is C15H18O3. The van der Waals surface area contributed by atoms with Gasteiger partial charge in [0.2, 0.25) is 5.78 Å². The van der Waals surface area contributed by atoms with Gasteiger partial charge in [0.1, 0.15) is 5.75 Å². The molecule has 1 aliphatic rings. The van der Waals surface area contributed by atoms with E-state index in [0.717, 1.165) is 12.4 Å². The summed E-state index contributed by atoms with van der Waals surface area (Å²) in [5, 5.41) is 0. The van der Waals surface area contributed by atoms with Crippen LogP contribution in [0.2, 0.25) is 0 Å². The van der Waals surface area contributed by atoms with Crippen LogP contribution in [0.4, 0.5) is 0 Å². The molecule has 0 bridgehead atoms. The van der Waals surface area contributed by atoms with Gasteiger partial charge in [-0.1, -0.05) is 19.3 Å². The van der Waals surface area contributed by atoms with Crippen molar-refractivity contribution in [3.8, 4) is 5.75 Å². The van der Waals surface area contributed by atoms with Crippen molar-refractivity contribution in [2.45, 2.75) is 32.1 Å². The quantitative estimate of drug-likeness (QED) is 0.455. The predicted octanol–water partition coefficient (Wildman–Crippen LogP) is 3.03. The molecule has 0 atom stereocenters. The normalized spacial score (nSPS) is 16.2. The van der Waals surface area contributed by atoms with Crippen molar-refractivity contribution in [3.05, 3.63) is 29.8 Å². The number of ether oxygens (including phenoxy) is 1. The molecule has 0 amide bonds. The van der Waals surface area contributed by atoms with Gasteiger partial charge in [-0.2, -0.15) is 0 Å². The van der Waals surface area contributed by atoms with E-state index in [1.807, 2.05) is 0 Å². The van der Waals surface area contributed by atoms with Gasteiger partial charge in [0.25, 0.3) is 0 Å². The van der Waals surface area contributed by atoms with Gasteiger partial charge >= 0.3 is 0 Å². The molecule has 96 valence electrons. The Balaban J connectivity index is 1.86. The molecule has 1 aromatic carbocycles. The van der Waals surface area contributed by atoms with Crippen LogP contribution >= 0.6 is 0 Å². The molecule has 0 heterocycles. The lowest BCUT2D eigenvalue weighted by atomic mass is 9.90. The van der Waals surface area contributed by atoms with Crippen LogP contribution in [0.15, 0.2) is 24.3 Å². The summed E-state index contributed by atoms with van der Waals surface area (Å²) in [7, 11) is 0. The molecule has 18 heavy (non-hydrogen) atoms. The fraction of sp³-hybridized carbons (Fsp3) is 0.467. The summed E-state index contributed by atoms with van der Waals surface area (Å²) in [5.41, 5.74) is 0.412. The number of carbonyl (C=O) groups is 2. The van der Waals surface area contributed by atoms with Crippen LogP contribution in [-0.4, -0.2) is 18.7 Å². The monoisotopic (exact) mass is 246 g/mol. The fourth-order valence-corrected chi connectivity index (χ4v) is 2.35. The van der Waals surface area contributed by atoms with Crippen LogP contribution in [0.25, 0.3) is 0 Å². The van der Waals surface area contributed by atoms with E-state index < -0.39 is 5.78 Å². The van der Waals surface area contributed by atoms with Crippen LogP contribution in [0.1, 0.15) is 42.5 Å². The zero-order chi connectivity index (χ0) is 12.8. The maximum absolute atomic E-state index is 11.1. The molecule has 0 aromatic heterocycles. The van der Waals surface area contributed by atoms with Gasteiger partial charge in [-0.3, -0.25) is 9.59 Å². The standard InChI is InChI=1S/C15H18O3/c16-10-15(17)13-6-8-14(9-7-13)18-11-12-4-2-1-3-5-12/h6-10,12H,1-5,11H2. The Kier molecular flexibility index (Phi) is 4.51. The highest BCUT2D eigenvalue weighted by molar-refractivity contribution is 6.33. The van der Waals surface area contributed by atoms with Gasteiger partial charge in [0.05, 0.1) is 6.61 Å². The van der Waals surface area contributed by atoms with Crippen molar-refractivity contribution in [3.63, 3.8) is 0 Å². The molecule has 1 saturated carbocycles. The van der Waals surface area contributed by atoms with Gasteiger partial charge in [0.15, 0.2) is 6.29 Å². The molecule has 3 heteroatoms. The lowest BCUT2D eigenvalue weighted by molar-refractivity contribution is -0.104. The molecule has 0 N–H and O–H groups in total. The Morgan fingerprint density at radius 3 is 2.44 bits per heavy atom. The van der Waals surface area contributed by atoms with E-state index in [1.165, 1.54) is 32.1 Å².